The van der Waals surface area contributed by atoms with Crippen LogP contribution in [0.1, 0.15) is 17.2 Å². The van der Waals surface area contributed by atoms with Gasteiger partial charge in [0.1, 0.15) is 0 Å². The molecule has 1 heterocycles. The fourth-order valence-corrected chi connectivity index (χ4v) is 4.13. The molecule has 0 aliphatic carbocycles. The molecule has 7 N–H and O–H groups in total. The van der Waals surface area contributed by atoms with E-state index in [4.69, 9.17) is 37.8 Å². The Balaban J connectivity index is 0.000000337. The predicted octanol–water partition coefficient (Wildman–Crippen LogP) is 3.06. The summed E-state index contributed by atoms with van der Waals surface area (Å²) in [6, 6.07) is 15.0. The van der Waals surface area contributed by atoms with Crippen molar-refractivity contribution in [3.63, 3.8) is 0 Å². The maximum absolute atomic E-state index is 9.55. The Morgan fingerprint density at radius 1 is 0.889 bits per heavy atom. The molecule has 0 aromatic heterocycles. The average molecular weight is 537 g/mol. The smallest absolute Gasteiger partial charge is 0.328 e. The standard InChI is InChI=1S/C16H17ClN2S.2C4H4O4/c17-12-5-6-16-13(10-12)14(19-8-7-18)9-11-3-1-2-4-15(11)20-16;2*5-3(6)1-2-4(7)8/h1-6,10,14,19H,7-9,18H2;2*1-2H,(H,5,6)(H,7,8)/b;2*2-1+. The van der Waals surface area contributed by atoms with Crippen LogP contribution in [0.3, 0.4) is 0 Å². The third kappa shape index (κ3) is 12.2. The van der Waals surface area contributed by atoms with E-state index in [9.17, 15) is 19.2 Å². The lowest BCUT2D eigenvalue weighted by molar-refractivity contribution is -0.134. The van der Waals surface area contributed by atoms with Crippen molar-refractivity contribution in [1.29, 1.82) is 0 Å². The summed E-state index contributed by atoms with van der Waals surface area (Å²) >= 11 is 8.00. The molecule has 1 unspecified atom stereocenters. The highest BCUT2D eigenvalue weighted by Crippen LogP contribution is 2.41. The number of carbonyl (C=O) groups is 4. The van der Waals surface area contributed by atoms with E-state index >= 15 is 0 Å². The molecular weight excluding hydrogens is 512 g/mol. The molecule has 0 bridgehead atoms. The van der Waals surface area contributed by atoms with E-state index in [1.165, 1.54) is 20.9 Å². The lowest BCUT2D eigenvalue weighted by Gasteiger charge is -2.19. The van der Waals surface area contributed by atoms with Gasteiger partial charge in [-0.2, -0.15) is 0 Å². The molecule has 0 amide bonds. The Hall–Kier alpha value is -3.64. The fraction of sp³-hybridized carbons (Fsp3) is 0.167. The van der Waals surface area contributed by atoms with Crippen LogP contribution in [0.25, 0.3) is 0 Å². The summed E-state index contributed by atoms with van der Waals surface area (Å²) in [6.07, 6.45) is 3.20. The number of hydrogen-bond donors (Lipinski definition) is 6. The zero-order valence-corrected chi connectivity index (χ0v) is 20.4. The van der Waals surface area contributed by atoms with E-state index in [-0.39, 0.29) is 6.04 Å². The monoisotopic (exact) mass is 536 g/mol. The highest BCUT2D eigenvalue weighted by molar-refractivity contribution is 7.99. The SMILES string of the molecule is NCCNC1Cc2ccccc2Sc2ccc(Cl)cc21.O=C(O)/C=C/C(=O)O.O=C(O)/C=C/C(=O)O. The number of carboxylic acids is 4. The van der Waals surface area contributed by atoms with Gasteiger partial charge >= 0.3 is 23.9 Å². The maximum atomic E-state index is 9.55. The van der Waals surface area contributed by atoms with Crippen LogP contribution in [0.4, 0.5) is 0 Å². The number of fused-ring (bicyclic) bond motifs is 2. The van der Waals surface area contributed by atoms with Gasteiger partial charge in [-0.1, -0.05) is 41.6 Å². The van der Waals surface area contributed by atoms with Crippen LogP contribution >= 0.6 is 23.4 Å². The molecule has 2 aromatic rings. The highest BCUT2D eigenvalue weighted by atomic mass is 35.5. The molecular formula is C24H25ClN2O8S. The van der Waals surface area contributed by atoms with Crippen molar-refractivity contribution in [2.75, 3.05) is 13.1 Å². The molecule has 3 rings (SSSR count). The molecule has 0 radical (unpaired) electrons. The van der Waals surface area contributed by atoms with Crippen molar-refractivity contribution in [2.24, 2.45) is 5.73 Å². The van der Waals surface area contributed by atoms with Gasteiger partial charge in [-0.3, -0.25) is 0 Å². The Morgan fingerprint density at radius 3 is 1.92 bits per heavy atom. The number of halogens is 1. The second kappa shape index (κ2) is 16.1. The minimum absolute atomic E-state index is 0.267. The summed E-state index contributed by atoms with van der Waals surface area (Å²) in [5.41, 5.74) is 8.28. The minimum Gasteiger partial charge on any atom is -0.478 e. The summed E-state index contributed by atoms with van der Waals surface area (Å²) in [4.78, 5) is 40.8. The van der Waals surface area contributed by atoms with Crippen molar-refractivity contribution >= 4 is 47.2 Å². The summed E-state index contributed by atoms with van der Waals surface area (Å²) in [6.45, 7) is 1.45. The number of carboxylic acid groups (broad SMARTS) is 4. The zero-order chi connectivity index (χ0) is 27.1. The number of nitrogens with two attached hydrogens (primary N) is 1. The van der Waals surface area contributed by atoms with Gasteiger partial charge in [0.05, 0.1) is 0 Å². The third-order valence-corrected chi connectivity index (χ3v) is 5.68. The van der Waals surface area contributed by atoms with Gasteiger partial charge in [0.2, 0.25) is 0 Å². The van der Waals surface area contributed by atoms with E-state index in [2.05, 4.69) is 41.7 Å². The zero-order valence-electron chi connectivity index (χ0n) is 18.8. The quantitative estimate of drug-likeness (QED) is 0.285. The van der Waals surface area contributed by atoms with Crippen LogP contribution in [0.5, 0.6) is 0 Å². The number of nitrogens with one attached hydrogen (secondary N) is 1. The van der Waals surface area contributed by atoms with Crippen LogP contribution < -0.4 is 11.1 Å². The van der Waals surface area contributed by atoms with Crippen LogP contribution in [0.2, 0.25) is 5.02 Å². The molecule has 36 heavy (non-hydrogen) atoms. The van der Waals surface area contributed by atoms with E-state index < -0.39 is 23.9 Å². The minimum atomic E-state index is -1.26. The van der Waals surface area contributed by atoms with E-state index in [0.717, 1.165) is 18.0 Å². The molecule has 1 atom stereocenters. The molecule has 0 saturated carbocycles. The summed E-state index contributed by atoms with van der Waals surface area (Å²) in [5.74, 6) is -5.03. The largest absolute Gasteiger partial charge is 0.478 e. The first kappa shape index (κ1) is 30.4. The van der Waals surface area contributed by atoms with Crippen LogP contribution in [0.15, 0.2) is 76.6 Å². The maximum Gasteiger partial charge on any atom is 0.328 e. The summed E-state index contributed by atoms with van der Waals surface area (Å²) in [5, 5.41) is 35.6. The predicted molar refractivity (Wildman–Crippen MR) is 134 cm³/mol. The second-order valence-electron chi connectivity index (χ2n) is 6.91. The second-order valence-corrected chi connectivity index (χ2v) is 8.43. The van der Waals surface area contributed by atoms with E-state index in [1.807, 2.05) is 17.8 Å². The van der Waals surface area contributed by atoms with Crippen LogP contribution in [0, 0.1) is 0 Å². The Bertz CT molecular complexity index is 1070. The van der Waals surface area contributed by atoms with Crippen molar-refractivity contribution in [3.8, 4) is 0 Å². The Kier molecular flexibility index (Phi) is 13.6. The molecule has 0 spiro atoms. The van der Waals surface area contributed by atoms with Crippen LogP contribution in [-0.4, -0.2) is 57.4 Å². The average Bonchev–Trinajstić information content (AvgIpc) is 2.97. The number of rotatable bonds is 7. The van der Waals surface area contributed by atoms with Gasteiger partial charge < -0.3 is 31.5 Å². The lowest BCUT2D eigenvalue weighted by atomic mass is 9.99. The molecule has 0 saturated heterocycles. The third-order valence-electron chi connectivity index (χ3n) is 4.24. The molecule has 0 fully saturated rings. The molecule has 2 aromatic carbocycles. The van der Waals surface area contributed by atoms with Crippen molar-refractivity contribution < 1.29 is 39.6 Å². The van der Waals surface area contributed by atoms with Gasteiger partial charge in [-0.25, -0.2) is 19.2 Å². The summed E-state index contributed by atoms with van der Waals surface area (Å²) in [7, 11) is 0. The fourth-order valence-electron chi connectivity index (χ4n) is 2.83. The van der Waals surface area contributed by atoms with E-state index in [0.29, 0.717) is 30.8 Å². The van der Waals surface area contributed by atoms with Gasteiger partial charge in [-0.05, 0) is 41.8 Å². The first-order valence-electron chi connectivity index (χ1n) is 10.3. The molecule has 12 heteroatoms. The van der Waals surface area contributed by atoms with Gasteiger partial charge in [-0.15, -0.1) is 0 Å². The highest BCUT2D eigenvalue weighted by Gasteiger charge is 2.22. The van der Waals surface area contributed by atoms with Gasteiger partial charge in [0, 0.05) is 58.2 Å². The van der Waals surface area contributed by atoms with Crippen molar-refractivity contribution in [2.45, 2.75) is 22.3 Å². The molecule has 192 valence electrons. The first-order valence-corrected chi connectivity index (χ1v) is 11.5. The molecule has 1 aliphatic heterocycles. The number of aliphatic carboxylic acids is 4. The Morgan fingerprint density at radius 2 is 1.42 bits per heavy atom. The van der Waals surface area contributed by atoms with Crippen LogP contribution in [-0.2, 0) is 25.6 Å². The number of benzene rings is 2. The molecule has 1 aliphatic rings. The van der Waals surface area contributed by atoms with Crippen molar-refractivity contribution in [1.82, 2.24) is 5.32 Å². The normalized spacial score (nSPS) is 13.8. The van der Waals surface area contributed by atoms with Gasteiger partial charge in [0.25, 0.3) is 0 Å². The first-order chi connectivity index (χ1) is 17.0. The topological polar surface area (TPSA) is 187 Å². The van der Waals surface area contributed by atoms with Gasteiger partial charge in [0.15, 0.2) is 0 Å². The Labute approximate surface area is 216 Å². The number of hydrogen-bond acceptors (Lipinski definition) is 7. The summed E-state index contributed by atoms with van der Waals surface area (Å²) < 4.78 is 0. The van der Waals surface area contributed by atoms with Crippen molar-refractivity contribution in [3.05, 3.63) is 82.9 Å². The molecule has 10 nitrogen and oxygen atoms in total. The lowest BCUT2D eigenvalue weighted by Crippen LogP contribution is -2.28. The van der Waals surface area contributed by atoms with E-state index in [1.54, 1.807) is 0 Å².